The normalized spacial score (nSPS) is 30.7. The first kappa shape index (κ1) is 23.8. The average molecular weight is 523 g/mol. The van der Waals surface area contributed by atoms with Crippen LogP contribution < -0.4 is 0 Å². The second kappa shape index (κ2) is 10.1. The van der Waals surface area contributed by atoms with Crippen LogP contribution in [0.2, 0.25) is 0 Å². The Bertz CT molecular complexity index is 1180. The highest BCUT2D eigenvalue weighted by molar-refractivity contribution is 7.11. The van der Waals surface area contributed by atoms with Crippen LogP contribution in [0.3, 0.4) is 0 Å². The summed E-state index contributed by atoms with van der Waals surface area (Å²) in [4.78, 5) is 41.0. The maximum Gasteiger partial charge on any atom is 0.309 e. The highest BCUT2D eigenvalue weighted by Crippen LogP contribution is 2.46. The molecule has 2 bridgehead atoms. The monoisotopic (exact) mass is 522 g/mol. The second-order valence-corrected chi connectivity index (χ2v) is 12.3. The van der Waals surface area contributed by atoms with Gasteiger partial charge in [0.15, 0.2) is 6.61 Å². The van der Waals surface area contributed by atoms with Crippen molar-refractivity contribution in [3.63, 3.8) is 0 Å². The Kier molecular flexibility index (Phi) is 6.65. The molecule has 1 amide bonds. The SMILES string of the molecule is O=C(OCC(=O)N1N=C2/C(=C\c3cccs3)CCCC2C1c1cccs1)C1CC2CCCC(C1)C2=O. The van der Waals surface area contributed by atoms with Crippen molar-refractivity contribution in [3.05, 3.63) is 50.4 Å². The summed E-state index contributed by atoms with van der Waals surface area (Å²) in [6.07, 6.45) is 9.11. The van der Waals surface area contributed by atoms with Gasteiger partial charge in [0, 0.05) is 27.5 Å². The number of Topliss-reactive ketones (excluding diaryl/α,β-unsaturated/α-hetero) is 1. The molecule has 36 heavy (non-hydrogen) atoms. The zero-order valence-corrected chi connectivity index (χ0v) is 21.8. The van der Waals surface area contributed by atoms with E-state index in [0.29, 0.717) is 18.6 Å². The molecule has 2 aromatic rings. The van der Waals surface area contributed by atoms with E-state index in [2.05, 4.69) is 23.6 Å². The zero-order valence-electron chi connectivity index (χ0n) is 20.1. The van der Waals surface area contributed by atoms with Crippen molar-refractivity contribution >= 4 is 52.1 Å². The van der Waals surface area contributed by atoms with E-state index in [1.54, 1.807) is 27.7 Å². The summed E-state index contributed by atoms with van der Waals surface area (Å²) >= 11 is 3.33. The standard InChI is InChI=1S/C28H30N2O4S2/c31-24(16-34-28(33)20-13-18-6-1-7-19(14-20)27(18)32)30-26(23-10-4-12-36-23)22-9-2-5-17(25(22)29-30)15-21-8-3-11-35-21/h3-4,8,10-12,15,18-20,22,26H,1-2,5-7,9,13-14,16H2/b17-15-. The number of allylic oxidation sites excluding steroid dienone is 1. The number of ketones is 1. The summed E-state index contributed by atoms with van der Waals surface area (Å²) in [5, 5.41) is 10.5. The fourth-order valence-electron chi connectivity index (χ4n) is 6.48. The van der Waals surface area contributed by atoms with Gasteiger partial charge < -0.3 is 4.74 Å². The van der Waals surface area contributed by atoms with E-state index in [0.717, 1.165) is 49.1 Å². The van der Waals surface area contributed by atoms with E-state index < -0.39 is 0 Å². The molecule has 6 nitrogen and oxygen atoms in total. The highest BCUT2D eigenvalue weighted by atomic mass is 32.1. The fourth-order valence-corrected chi connectivity index (χ4v) is 8.04. The fraction of sp³-hybridized carbons (Fsp3) is 0.500. The van der Waals surface area contributed by atoms with Crippen LogP contribution in [0.25, 0.3) is 6.08 Å². The molecule has 1 aliphatic heterocycles. The van der Waals surface area contributed by atoms with E-state index in [1.165, 1.54) is 10.5 Å². The summed E-state index contributed by atoms with van der Waals surface area (Å²) < 4.78 is 5.57. The summed E-state index contributed by atoms with van der Waals surface area (Å²) in [5.41, 5.74) is 2.19. The molecular weight excluding hydrogens is 492 g/mol. The quantitative estimate of drug-likeness (QED) is 0.460. The van der Waals surface area contributed by atoms with Crippen LogP contribution in [-0.2, 0) is 19.1 Å². The lowest BCUT2D eigenvalue weighted by molar-refractivity contribution is -0.159. The molecule has 0 aromatic carbocycles. The number of hydrogen-bond donors (Lipinski definition) is 0. The number of amides is 1. The molecule has 4 unspecified atom stereocenters. The number of hydrazone groups is 1. The van der Waals surface area contributed by atoms with Crippen molar-refractivity contribution in [2.24, 2.45) is 28.8 Å². The number of hydrogen-bond acceptors (Lipinski definition) is 7. The minimum Gasteiger partial charge on any atom is -0.455 e. The number of esters is 1. The lowest BCUT2D eigenvalue weighted by Gasteiger charge is -2.36. The van der Waals surface area contributed by atoms with Crippen LogP contribution >= 0.6 is 22.7 Å². The predicted octanol–water partition coefficient (Wildman–Crippen LogP) is 5.87. The molecule has 188 valence electrons. The number of carbonyl (C=O) groups is 3. The number of nitrogens with zero attached hydrogens (tertiary/aromatic N) is 2. The summed E-state index contributed by atoms with van der Waals surface area (Å²) in [6.45, 7) is -0.312. The van der Waals surface area contributed by atoms with Gasteiger partial charge in [-0.3, -0.25) is 14.4 Å². The third-order valence-electron chi connectivity index (χ3n) is 8.17. The minimum atomic E-state index is -0.344. The van der Waals surface area contributed by atoms with E-state index in [9.17, 15) is 14.4 Å². The maximum absolute atomic E-state index is 13.4. The molecule has 3 aliphatic carbocycles. The van der Waals surface area contributed by atoms with Crippen molar-refractivity contribution < 1.29 is 19.1 Å². The largest absolute Gasteiger partial charge is 0.455 e. The van der Waals surface area contributed by atoms with Gasteiger partial charge in [-0.05, 0) is 79.5 Å². The first-order chi connectivity index (χ1) is 17.6. The van der Waals surface area contributed by atoms with Crippen molar-refractivity contribution in [1.29, 1.82) is 0 Å². The first-order valence-electron chi connectivity index (χ1n) is 13.0. The number of ether oxygens (including phenoxy) is 1. The van der Waals surface area contributed by atoms with Crippen molar-refractivity contribution in [2.75, 3.05) is 6.61 Å². The molecule has 8 heteroatoms. The Morgan fingerprint density at radius 2 is 1.83 bits per heavy atom. The zero-order chi connectivity index (χ0) is 24.6. The van der Waals surface area contributed by atoms with Gasteiger partial charge in [-0.25, -0.2) is 5.01 Å². The molecule has 0 saturated heterocycles. The maximum atomic E-state index is 13.4. The van der Waals surface area contributed by atoms with Crippen LogP contribution in [-0.4, -0.2) is 35.0 Å². The summed E-state index contributed by atoms with van der Waals surface area (Å²) in [7, 11) is 0. The van der Waals surface area contributed by atoms with Gasteiger partial charge in [-0.15, -0.1) is 22.7 Å². The molecule has 0 spiro atoms. The molecule has 3 heterocycles. The highest BCUT2D eigenvalue weighted by Gasteiger charge is 2.45. The van der Waals surface area contributed by atoms with E-state index in [4.69, 9.17) is 9.84 Å². The van der Waals surface area contributed by atoms with Crippen LogP contribution in [0.15, 0.2) is 45.7 Å². The molecule has 4 atom stereocenters. The molecule has 2 aromatic heterocycles. The Morgan fingerprint density at radius 3 is 2.56 bits per heavy atom. The molecule has 3 saturated carbocycles. The van der Waals surface area contributed by atoms with Gasteiger partial charge in [0.25, 0.3) is 5.91 Å². The number of thiophene rings is 2. The number of rotatable bonds is 5. The Balaban J connectivity index is 1.19. The Morgan fingerprint density at radius 1 is 1.06 bits per heavy atom. The lowest BCUT2D eigenvalue weighted by Crippen LogP contribution is -2.40. The van der Waals surface area contributed by atoms with Crippen molar-refractivity contribution in [2.45, 2.75) is 57.4 Å². The third-order valence-corrected chi connectivity index (χ3v) is 9.93. The van der Waals surface area contributed by atoms with E-state index in [1.807, 2.05) is 17.5 Å². The smallest absolute Gasteiger partial charge is 0.309 e. The molecular formula is C28H30N2O4S2. The van der Waals surface area contributed by atoms with Gasteiger partial charge in [0.05, 0.1) is 17.7 Å². The third kappa shape index (κ3) is 4.50. The Hall–Kier alpha value is -2.58. The topological polar surface area (TPSA) is 76.0 Å². The molecule has 4 aliphatic rings. The summed E-state index contributed by atoms with van der Waals surface area (Å²) in [5.74, 6) is -0.485. The predicted molar refractivity (Wildman–Crippen MR) is 140 cm³/mol. The lowest BCUT2D eigenvalue weighted by atomic mass is 9.67. The molecule has 0 N–H and O–H groups in total. The second-order valence-electron chi connectivity index (χ2n) is 10.4. The van der Waals surface area contributed by atoms with Crippen molar-refractivity contribution in [1.82, 2.24) is 5.01 Å². The van der Waals surface area contributed by atoms with Crippen LogP contribution in [0.1, 0.15) is 67.2 Å². The van der Waals surface area contributed by atoms with Crippen molar-refractivity contribution in [3.8, 4) is 0 Å². The van der Waals surface area contributed by atoms with Crippen LogP contribution in [0.5, 0.6) is 0 Å². The molecule has 6 rings (SSSR count). The number of carbonyl (C=O) groups excluding carboxylic acids is 3. The van der Waals surface area contributed by atoms with Gasteiger partial charge >= 0.3 is 5.97 Å². The number of fused-ring (bicyclic) bond motifs is 3. The van der Waals surface area contributed by atoms with E-state index >= 15 is 0 Å². The van der Waals surface area contributed by atoms with Crippen LogP contribution in [0.4, 0.5) is 0 Å². The average Bonchev–Trinajstić information content (AvgIpc) is 3.63. The molecule has 3 fully saturated rings. The minimum absolute atomic E-state index is 0.0179. The van der Waals surface area contributed by atoms with Crippen LogP contribution in [0, 0.1) is 23.7 Å². The van der Waals surface area contributed by atoms with Gasteiger partial charge in [-0.2, -0.15) is 5.10 Å². The van der Waals surface area contributed by atoms with E-state index in [-0.39, 0.29) is 48.2 Å². The summed E-state index contributed by atoms with van der Waals surface area (Å²) in [6, 6.07) is 8.05. The first-order valence-corrected chi connectivity index (χ1v) is 14.7. The van der Waals surface area contributed by atoms with Gasteiger partial charge in [0.2, 0.25) is 0 Å². The Labute approximate surface area is 219 Å². The van der Waals surface area contributed by atoms with Gasteiger partial charge in [-0.1, -0.05) is 18.6 Å². The molecule has 0 radical (unpaired) electrons. The van der Waals surface area contributed by atoms with Gasteiger partial charge in [0.1, 0.15) is 5.78 Å².